The monoisotopic (exact) mass is 387 g/mol. The highest BCUT2D eigenvalue weighted by molar-refractivity contribution is 5.73. The summed E-state index contributed by atoms with van der Waals surface area (Å²) in [6, 6.07) is 11.0. The number of amides is 1. The Balaban J connectivity index is 1.77. The van der Waals surface area contributed by atoms with E-state index in [2.05, 4.69) is 34.8 Å². The molecule has 0 aliphatic carbocycles. The summed E-state index contributed by atoms with van der Waals surface area (Å²) in [5.74, 6) is 0.414. The molecule has 152 valence electrons. The van der Waals surface area contributed by atoms with Crippen LogP contribution in [-0.4, -0.2) is 60.2 Å². The van der Waals surface area contributed by atoms with Crippen LogP contribution in [0.4, 0.5) is 4.39 Å². The molecule has 1 aromatic heterocycles. The first kappa shape index (κ1) is 20.6. The zero-order valence-electron chi connectivity index (χ0n) is 17.0. The molecule has 2 heterocycles. The Morgan fingerprint density at radius 3 is 2.61 bits per heavy atom. The summed E-state index contributed by atoms with van der Waals surface area (Å²) in [6.45, 7) is 6.10. The number of ether oxygens (including phenoxy) is 1. The van der Waals surface area contributed by atoms with Crippen molar-refractivity contribution < 1.29 is 13.9 Å². The number of benzene rings is 1. The lowest BCUT2D eigenvalue weighted by atomic mass is 9.88. The largest absolute Gasteiger partial charge is 0.383 e. The fourth-order valence-corrected chi connectivity index (χ4v) is 4.11. The minimum atomic E-state index is -0.218. The molecular formula is C22H30FN3O2. The molecule has 2 aromatic rings. The molecule has 1 fully saturated rings. The van der Waals surface area contributed by atoms with Crippen molar-refractivity contribution in [1.29, 1.82) is 0 Å². The molecule has 1 aliphatic rings. The third-order valence-electron chi connectivity index (χ3n) is 5.72. The van der Waals surface area contributed by atoms with Crippen molar-refractivity contribution in [2.45, 2.75) is 19.4 Å². The minimum Gasteiger partial charge on any atom is -0.383 e. The maximum atomic E-state index is 13.4. The van der Waals surface area contributed by atoms with Crippen molar-refractivity contribution in [2.75, 3.05) is 39.9 Å². The number of carbonyl (C=O) groups excluding carboxylic acids is 1. The lowest BCUT2D eigenvalue weighted by Crippen LogP contribution is -2.38. The number of aromatic nitrogens is 1. The molecule has 2 atom stereocenters. The molecule has 3 rings (SSSR count). The lowest BCUT2D eigenvalue weighted by Gasteiger charge is -2.27. The molecule has 6 heteroatoms. The zero-order chi connectivity index (χ0) is 20.1. The Kier molecular flexibility index (Phi) is 6.86. The Morgan fingerprint density at radius 2 is 2.00 bits per heavy atom. The van der Waals surface area contributed by atoms with Crippen LogP contribution < -0.4 is 0 Å². The number of halogens is 1. The van der Waals surface area contributed by atoms with E-state index < -0.39 is 0 Å². The first-order chi connectivity index (χ1) is 13.5. The van der Waals surface area contributed by atoms with E-state index in [1.54, 1.807) is 14.0 Å². The van der Waals surface area contributed by atoms with Gasteiger partial charge in [-0.1, -0.05) is 12.1 Å². The fourth-order valence-electron chi connectivity index (χ4n) is 4.11. The Labute approximate surface area is 166 Å². The van der Waals surface area contributed by atoms with Crippen LogP contribution in [-0.2, 0) is 23.1 Å². The van der Waals surface area contributed by atoms with Gasteiger partial charge in [-0.25, -0.2) is 4.39 Å². The fraction of sp³-hybridized carbons (Fsp3) is 0.500. The Morgan fingerprint density at radius 1 is 1.25 bits per heavy atom. The second-order valence-electron chi connectivity index (χ2n) is 7.68. The van der Waals surface area contributed by atoms with Crippen LogP contribution in [0, 0.1) is 11.7 Å². The third kappa shape index (κ3) is 5.00. The number of carbonyl (C=O) groups is 1. The third-order valence-corrected chi connectivity index (χ3v) is 5.72. The van der Waals surface area contributed by atoms with E-state index in [1.165, 1.54) is 17.8 Å². The van der Waals surface area contributed by atoms with Gasteiger partial charge in [-0.2, -0.15) is 0 Å². The molecule has 0 N–H and O–H groups in total. The van der Waals surface area contributed by atoms with Gasteiger partial charge in [-0.3, -0.25) is 9.69 Å². The van der Waals surface area contributed by atoms with E-state index in [-0.39, 0.29) is 17.6 Å². The average molecular weight is 387 g/mol. The normalized spacial score (nSPS) is 19.9. The van der Waals surface area contributed by atoms with Crippen LogP contribution in [0.2, 0.25) is 0 Å². The predicted octanol–water partition coefficient (Wildman–Crippen LogP) is 2.87. The molecule has 2 unspecified atom stereocenters. The van der Waals surface area contributed by atoms with Gasteiger partial charge in [0.25, 0.3) is 0 Å². The van der Waals surface area contributed by atoms with E-state index in [9.17, 15) is 9.18 Å². The SMILES string of the molecule is COCCN(CC1CN(Cc2cccn2C)CC1c1ccc(F)cc1)C(C)=O. The van der Waals surface area contributed by atoms with Crippen LogP contribution in [0.25, 0.3) is 0 Å². The maximum absolute atomic E-state index is 13.4. The summed E-state index contributed by atoms with van der Waals surface area (Å²) in [7, 11) is 3.71. The van der Waals surface area contributed by atoms with Crippen molar-refractivity contribution in [3.05, 3.63) is 59.7 Å². The van der Waals surface area contributed by atoms with Crippen LogP contribution >= 0.6 is 0 Å². The van der Waals surface area contributed by atoms with Gasteiger partial charge in [0.1, 0.15) is 5.82 Å². The molecule has 0 bridgehead atoms. The van der Waals surface area contributed by atoms with Crippen LogP contribution in [0.15, 0.2) is 42.6 Å². The quantitative estimate of drug-likeness (QED) is 0.699. The van der Waals surface area contributed by atoms with Gasteiger partial charge in [-0.15, -0.1) is 0 Å². The molecule has 1 aromatic carbocycles. The predicted molar refractivity (Wildman–Crippen MR) is 107 cm³/mol. The summed E-state index contributed by atoms with van der Waals surface area (Å²) in [5, 5.41) is 0. The highest BCUT2D eigenvalue weighted by Gasteiger charge is 2.35. The first-order valence-electron chi connectivity index (χ1n) is 9.80. The summed E-state index contributed by atoms with van der Waals surface area (Å²) in [5.41, 5.74) is 2.40. The van der Waals surface area contributed by atoms with Gasteiger partial charge in [0.2, 0.25) is 5.91 Å². The van der Waals surface area contributed by atoms with Crippen LogP contribution in [0.3, 0.4) is 0 Å². The standard InChI is InChI=1S/C22H30FN3O2/c1-17(27)26(11-12-28-3)14-19-13-25(15-21-5-4-10-24(21)2)16-22(19)18-6-8-20(23)9-7-18/h4-10,19,22H,11-16H2,1-3H3. The average Bonchev–Trinajstić information content (AvgIpc) is 3.25. The summed E-state index contributed by atoms with van der Waals surface area (Å²) < 4.78 is 20.7. The van der Waals surface area contributed by atoms with Crippen molar-refractivity contribution in [2.24, 2.45) is 13.0 Å². The highest BCUT2D eigenvalue weighted by Crippen LogP contribution is 2.34. The number of aryl methyl sites for hydroxylation is 1. The molecule has 5 nitrogen and oxygen atoms in total. The number of likely N-dealkylation sites (tertiary alicyclic amines) is 1. The number of nitrogens with zero attached hydrogens (tertiary/aromatic N) is 3. The van der Waals surface area contributed by atoms with Gasteiger partial charge in [0, 0.05) is 71.6 Å². The van der Waals surface area contributed by atoms with Crippen molar-refractivity contribution in [3.8, 4) is 0 Å². The number of rotatable bonds is 8. The van der Waals surface area contributed by atoms with Crippen molar-refractivity contribution in [1.82, 2.24) is 14.4 Å². The Bertz CT molecular complexity index is 774. The van der Waals surface area contributed by atoms with Crippen LogP contribution in [0.1, 0.15) is 24.1 Å². The molecular weight excluding hydrogens is 357 g/mol. The van der Waals surface area contributed by atoms with Gasteiger partial charge < -0.3 is 14.2 Å². The topological polar surface area (TPSA) is 37.7 Å². The van der Waals surface area contributed by atoms with Crippen molar-refractivity contribution in [3.63, 3.8) is 0 Å². The van der Waals surface area contributed by atoms with Gasteiger partial charge in [0.05, 0.1) is 6.61 Å². The summed E-state index contributed by atoms with van der Waals surface area (Å²) >= 11 is 0. The molecule has 0 radical (unpaired) electrons. The molecule has 28 heavy (non-hydrogen) atoms. The van der Waals surface area contributed by atoms with E-state index >= 15 is 0 Å². The van der Waals surface area contributed by atoms with Crippen LogP contribution in [0.5, 0.6) is 0 Å². The first-order valence-corrected chi connectivity index (χ1v) is 9.80. The second-order valence-corrected chi connectivity index (χ2v) is 7.68. The van der Waals surface area contributed by atoms with E-state index in [0.29, 0.717) is 25.6 Å². The van der Waals surface area contributed by atoms with Gasteiger partial charge >= 0.3 is 0 Å². The minimum absolute atomic E-state index is 0.0655. The summed E-state index contributed by atoms with van der Waals surface area (Å²) in [6.07, 6.45) is 2.06. The Hall–Kier alpha value is -2.18. The second kappa shape index (κ2) is 9.34. The summed E-state index contributed by atoms with van der Waals surface area (Å²) in [4.78, 5) is 16.4. The smallest absolute Gasteiger partial charge is 0.219 e. The molecule has 0 spiro atoms. The van der Waals surface area contributed by atoms with Gasteiger partial charge in [-0.05, 0) is 35.7 Å². The molecule has 1 saturated heterocycles. The lowest BCUT2D eigenvalue weighted by molar-refractivity contribution is -0.130. The maximum Gasteiger partial charge on any atom is 0.219 e. The number of methoxy groups -OCH3 is 1. The molecule has 1 aliphatic heterocycles. The van der Waals surface area contributed by atoms with E-state index in [4.69, 9.17) is 4.74 Å². The molecule has 1 amide bonds. The van der Waals surface area contributed by atoms with Gasteiger partial charge in [0.15, 0.2) is 0 Å². The zero-order valence-corrected chi connectivity index (χ0v) is 17.0. The molecule has 0 saturated carbocycles. The highest BCUT2D eigenvalue weighted by atomic mass is 19.1. The van der Waals surface area contributed by atoms with E-state index in [0.717, 1.165) is 25.2 Å². The van der Waals surface area contributed by atoms with E-state index in [1.807, 2.05) is 17.0 Å². The number of hydrogen-bond acceptors (Lipinski definition) is 3. The van der Waals surface area contributed by atoms with Crippen molar-refractivity contribution >= 4 is 5.91 Å². The number of hydrogen-bond donors (Lipinski definition) is 0.